The maximum absolute atomic E-state index is 12.7. The van der Waals surface area contributed by atoms with Gasteiger partial charge in [-0.15, -0.1) is 11.8 Å². The summed E-state index contributed by atoms with van der Waals surface area (Å²) < 4.78 is 0. The Balaban J connectivity index is 1.60. The molecule has 1 saturated heterocycles. The number of hydrogen-bond donors (Lipinski definition) is 1. The molecule has 4 nitrogen and oxygen atoms in total. The van der Waals surface area contributed by atoms with Crippen molar-refractivity contribution in [2.45, 2.75) is 19.2 Å². The Morgan fingerprint density at radius 2 is 1.83 bits per heavy atom. The number of carbonyl (C=O) groups is 2. The summed E-state index contributed by atoms with van der Waals surface area (Å²) in [4.78, 5) is 27.1. The molecule has 3 aromatic rings. The molecule has 6 heteroatoms. The molecule has 1 aliphatic rings. The zero-order chi connectivity index (χ0) is 21.3. The Morgan fingerprint density at radius 3 is 2.60 bits per heavy atom. The molecular formula is C24H21ClN2O2S. The number of benzene rings is 3. The second-order valence-electron chi connectivity index (χ2n) is 7.29. The minimum absolute atomic E-state index is 0.0848. The van der Waals surface area contributed by atoms with E-state index >= 15 is 0 Å². The third-order valence-electron chi connectivity index (χ3n) is 5.15. The van der Waals surface area contributed by atoms with E-state index in [1.807, 2.05) is 48.2 Å². The standard InChI is InChI=1S/C24H21ClN2O2S/c1-15-9-10-21(11-16(15)2)27-22(28)14-30-24(27)18-6-4-8-20(13-18)26-23(29)17-5-3-7-19(25)12-17/h3-13,24H,14H2,1-2H3,(H,26,29). The van der Waals surface area contributed by atoms with Gasteiger partial charge in [-0.3, -0.25) is 14.5 Å². The Labute approximate surface area is 185 Å². The molecule has 0 aliphatic carbocycles. The number of hydrogen-bond acceptors (Lipinski definition) is 3. The molecule has 0 saturated carbocycles. The van der Waals surface area contributed by atoms with Gasteiger partial charge in [-0.2, -0.15) is 0 Å². The van der Waals surface area contributed by atoms with Gasteiger partial charge in [0.05, 0.1) is 5.75 Å². The maximum Gasteiger partial charge on any atom is 0.255 e. The lowest BCUT2D eigenvalue weighted by Gasteiger charge is -2.25. The highest BCUT2D eigenvalue weighted by atomic mass is 35.5. The van der Waals surface area contributed by atoms with E-state index in [1.165, 1.54) is 5.56 Å². The van der Waals surface area contributed by atoms with E-state index in [-0.39, 0.29) is 17.2 Å². The van der Waals surface area contributed by atoms with Crippen molar-refractivity contribution in [3.63, 3.8) is 0 Å². The minimum atomic E-state index is -0.226. The highest BCUT2D eigenvalue weighted by Gasteiger charge is 2.34. The summed E-state index contributed by atoms with van der Waals surface area (Å²) in [5.41, 5.74) is 5.38. The average molecular weight is 437 g/mol. The molecule has 30 heavy (non-hydrogen) atoms. The van der Waals surface area contributed by atoms with Crippen molar-refractivity contribution >= 4 is 46.6 Å². The van der Waals surface area contributed by atoms with Crippen LogP contribution < -0.4 is 10.2 Å². The SMILES string of the molecule is Cc1ccc(N2C(=O)CSC2c2cccc(NC(=O)c3cccc(Cl)c3)c2)cc1C. The van der Waals surface area contributed by atoms with E-state index in [0.29, 0.717) is 22.0 Å². The molecule has 0 radical (unpaired) electrons. The first-order chi connectivity index (χ1) is 14.4. The Hall–Kier alpha value is -2.76. The summed E-state index contributed by atoms with van der Waals surface area (Å²) in [6, 6.07) is 20.6. The molecule has 4 rings (SSSR count). The monoisotopic (exact) mass is 436 g/mol. The topological polar surface area (TPSA) is 49.4 Å². The van der Waals surface area contributed by atoms with Gasteiger partial charge in [0.1, 0.15) is 5.37 Å². The lowest BCUT2D eigenvalue weighted by molar-refractivity contribution is -0.115. The van der Waals surface area contributed by atoms with Gasteiger partial charge in [-0.25, -0.2) is 0 Å². The number of rotatable bonds is 4. The van der Waals surface area contributed by atoms with E-state index in [4.69, 9.17) is 11.6 Å². The fourth-order valence-electron chi connectivity index (χ4n) is 3.43. The number of carbonyl (C=O) groups excluding carboxylic acids is 2. The minimum Gasteiger partial charge on any atom is -0.322 e. The largest absolute Gasteiger partial charge is 0.322 e. The van der Waals surface area contributed by atoms with Crippen LogP contribution in [0.5, 0.6) is 0 Å². The smallest absolute Gasteiger partial charge is 0.255 e. The van der Waals surface area contributed by atoms with Gasteiger partial charge >= 0.3 is 0 Å². The van der Waals surface area contributed by atoms with Crippen LogP contribution in [0.3, 0.4) is 0 Å². The molecule has 1 N–H and O–H groups in total. The van der Waals surface area contributed by atoms with Crippen molar-refractivity contribution < 1.29 is 9.59 Å². The predicted octanol–water partition coefficient (Wildman–Crippen LogP) is 5.99. The lowest BCUT2D eigenvalue weighted by Crippen LogP contribution is -2.28. The van der Waals surface area contributed by atoms with Crippen molar-refractivity contribution in [2.75, 3.05) is 16.0 Å². The number of thioether (sulfide) groups is 1. The van der Waals surface area contributed by atoms with Crippen molar-refractivity contribution in [3.05, 3.63) is 94.0 Å². The molecule has 152 valence electrons. The number of halogens is 1. The fourth-order valence-corrected chi connectivity index (χ4v) is 4.79. The average Bonchev–Trinajstić information content (AvgIpc) is 3.12. The molecule has 1 atom stereocenters. The van der Waals surface area contributed by atoms with Crippen LogP contribution in [0.4, 0.5) is 11.4 Å². The van der Waals surface area contributed by atoms with E-state index in [1.54, 1.807) is 36.0 Å². The zero-order valence-electron chi connectivity index (χ0n) is 16.7. The van der Waals surface area contributed by atoms with Crippen LogP contribution in [-0.2, 0) is 4.79 Å². The van der Waals surface area contributed by atoms with Crippen LogP contribution in [0, 0.1) is 13.8 Å². The van der Waals surface area contributed by atoms with E-state index in [0.717, 1.165) is 16.8 Å². The number of anilines is 2. The second kappa shape index (κ2) is 8.54. The van der Waals surface area contributed by atoms with Gasteiger partial charge < -0.3 is 5.32 Å². The van der Waals surface area contributed by atoms with Crippen molar-refractivity contribution in [3.8, 4) is 0 Å². The van der Waals surface area contributed by atoms with E-state index < -0.39 is 0 Å². The van der Waals surface area contributed by atoms with Crippen molar-refractivity contribution in [1.82, 2.24) is 0 Å². The van der Waals surface area contributed by atoms with Crippen LogP contribution in [0.15, 0.2) is 66.7 Å². The zero-order valence-corrected chi connectivity index (χ0v) is 18.3. The summed E-state index contributed by atoms with van der Waals surface area (Å²) in [6.45, 7) is 4.11. The van der Waals surface area contributed by atoms with Gasteiger partial charge in [0.2, 0.25) is 5.91 Å². The van der Waals surface area contributed by atoms with Crippen LogP contribution in [-0.4, -0.2) is 17.6 Å². The first kappa shape index (κ1) is 20.5. The molecule has 0 bridgehead atoms. The maximum atomic E-state index is 12.7. The van der Waals surface area contributed by atoms with Crippen LogP contribution in [0.1, 0.15) is 32.4 Å². The Morgan fingerprint density at radius 1 is 1.03 bits per heavy atom. The highest BCUT2D eigenvalue weighted by molar-refractivity contribution is 8.00. The van der Waals surface area contributed by atoms with Crippen molar-refractivity contribution in [1.29, 1.82) is 0 Å². The Bertz CT molecular complexity index is 1130. The van der Waals surface area contributed by atoms with Crippen molar-refractivity contribution in [2.24, 2.45) is 0 Å². The third-order valence-corrected chi connectivity index (χ3v) is 6.60. The molecule has 2 amide bonds. The first-order valence-electron chi connectivity index (χ1n) is 9.60. The normalized spacial score (nSPS) is 16.0. The van der Waals surface area contributed by atoms with Gasteiger partial charge in [-0.05, 0) is 73.0 Å². The number of amides is 2. The first-order valence-corrected chi connectivity index (χ1v) is 11.0. The molecule has 1 unspecified atom stereocenters. The van der Waals surface area contributed by atoms with Crippen LogP contribution in [0.2, 0.25) is 5.02 Å². The molecule has 0 aromatic heterocycles. The van der Waals surface area contributed by atoms with E-state index in [9.17, 15) is 9.59 Å². The summed E-state index contributed by atoms with van der Waals surface area (Å²) in [5.74, 6) is 0.286. The molecule has 3 aromatic carbocycles. The molecule has 1 aliphatic heterocycles. The molecular weight excluding hydrogens is 416 g/mol. The molecule has 0 spiro atoms. The summed E-state index contributed by atoms with van der Waals surface area (Å²) in [7, 11) is 0. The third kappa shape index (κ3) is 4.23. The number of aryl methyl sites for hydroxylation is 2. The summed E-state index contributed by atoms with van der Waals surface area (Å²) in [5, 5.41) is 3.30. The highest BCUT2D eigenvalue weighted by Crippen LogP contribution is 2.42. The number of nitrogens with one attached hydrogen (secondary N) is 1. The summed E-state index contributed by atoms with van der Waals surface area (Å²) >= 11 is 7.58. The van der Waals surface area contributed by atoms with E-state index in [2.05, 4.69) is 18.3 Å². The van der Waals surface area contributed by atoms with Gasteiger partial charge in [0, 0.05) is 22.0 Å². The van der Waals surface area contributed by atoms with Crippen LogP contribution >= 0.6 is 23.4 Å². The lowest BCUT2D eigenvalue weighted by atomic mass is 10.1. The van der Waals surface area contributed by atoms with Gasteiger partial charge in [0.25, 0.3) is 5.91 Å². The fraction of sp³-hybridized carbons (Fsp3) is 0.167. The quantitative estimate of drug-likeness (QED) is 0.546. The second-order valence-corrected chi connectivity index (χ2v) is 8.79. The number of nitrogens with zero attached hydrogens (tertiary/aromatic N) is 1. The van der Waals surface area contributed by atoms with Gasteiger partial charge in [0.15, 0.2) is 0 Å². The molecule has 1 heterocycles. The molecule has 1 fully saturated rings. The van der Waals surface area contributed by atoms with Crippen LogP contribution in [0.25, 0.3) is 0 Å². The van der Waals surface area contributed by atoms with Gasteiger partial charge in [-0.1, -0.05) is 35.9 Å². The predicted molar refractivity (Wildman–Crippen MR) is 124 cm³/mol. The Kier molecular flexibility index (Phi) is 5.84. The summed E-state index contributed by atoms with van der Waals surface area (Å²) in [6.07, 6.45) is 0.